The topological polar surface area (TPSA) is 21.6 Å². The summed E-state index contributed by atoms with van der Waals surface area (Å²) in [7, 11) is 0. The molecule has 0 saturated heterocycles. The van der Waals surface area contributed by atoms with Crippen LogP contribution in [-0.2, 0) is 10.4 Å². The first-order valence-corrected chi connectivity index (χ1v) is 8.49. The highest BCUT2D eigenvalue weighted by molar-refractivity contribution is 8.01. The molecule has 2 nitrogen and oxygen atoms in total. The second kappa shape index (κ2) is 4.63. The molecule has 0 spiro atoms. The zero-order valence-electron chi connectivity index (χ0n) is 13.3. The van der Waals surface area contributed by atoms with Crippen molar-refractivity contribution in [2.45, 2.75) is 43.4 Å². The summed E-state index contributed by atoms with van der Waals surface area (Å²) in [5, 5.41) is 4.74. The van der Waals surface area contributed by atoms with Gasteiger partial charge < -0.3 is 4.84 Å². The molecule has 2 heterocycles. The number of hydrogen-bond donors (Lipinski definition) is 0. The van der Waals surface area contributed by atoms with Crippen molar-refractivity contribution in [3.8, 4) is 0 Å². The van der Waals surface area contributed by atoms with Gasteiger partial charge in [0.05, 0.1) is 0 Å². The summed E-state index contributed by atoms with van der Waals surface area (Å²) in [6.45, 7) is 8.63. The van der Waals surface area contributed by atoms with Gasteiger partial charge in [-0.15, -0.1) is 11.8 Å². The van der Waals surface area contributed by atoms with E-state index >= 15 is 0 Å². The molecule has 0 aliphatic carbocycles. The molecule has 2 aromatic carbocycles. The predicted molar refractivity (Wildman–Crippen MR) is 91.7 cm³/mol. The number of aryl methyl sites for hydroxylation is 3. The Morgan fingerprint density at radius 2 is 1.77 bits per heavy atom. The molecule has 22 heavy (non-hydrogen) atoms. The summed E-state index contributed by atoms with van der Waals surface area (Å²) < 4.78 is 0. The molecule has 0 aromatic heterocycles. The Hall–Kier alpha value is -1.74. The van der Waals surface area contributed by atoms with E-state index in [1.807, 2.05) is 11.8 Å². The van der Waals surface area contributed by atoms with Crippen LogP contribution in [0.2, 0.25) is 0 Å². The van der Waals surface area contributed by atoms with Crippen molar-refractivity contribution < 1.29 is 4.84 Å². The van der Waals surface area contributed by atoms with Crippen LogP contribution in [0.25, 0.3) is 0 Å². The molecular weight excluding hydrogens is 290 g/mol. The Labute approximate surface area is 135 Å². The molecule has 2 unspecified atom stereocenters. The largest absolute Gasteiger partial charge is 0.383 e. The summed E-state index contributed by atoms with van der Waals surface area (Å²) >= 11 is 1.87. The van der Waals surface area contributed by atoms with E-state index in [4.69, 9.17) is 4.84 Å². The van der Waals surface area contributed by atoms with Crippen LogP contribution in [0.5, 0.6) is 0 Å². The van der Waals surface area contributed by atoms with Crippen LogP contribution in [0.15, 0.2) is 46.4 Å². The van der Waals surface area contributed by atoms with Gasteiger partial charge in [0, 0.05) is 16.0 Å². The molecule has 112 valence electrons. The highest BCUT2D eigenvalue weighted by Gasteiger charge is 2.53. The van der Waals surface area contributed by atoms with E-state index in [0.29, 0.717) is 0 Å². The second-order valence-electron chi connectivity index (χ2n) is 6.44. The van der Waals surface area contributed by atoms with Crippen molar-refractivity contribution >= 4 is 17.5 Å². The van der Waals surface area contributed by atoms with Gasteiger partial charge in [-0.3, -0.25) is 0 Å². The van der Waals surface area contributed by atoms with Crippen LogP contribution in [0.4, 0.5) is 0 Å². The van der Waals surface area contributed by atoms with Crippen LogP contribution in [0.3, 0.4) is 0 Å². The van der Waals surface area contributed by atoms with Gasteiger partial charge >= 0.3 is 0 Å². The first kappa shape index (κ1) is 13.9. The lowest BCUT2D eigenvalue weighted by Crippen LogP contribution is -2.32. The third kappa shape index (κ3) is 1.78. The lowest BCUT2D eigenvalue weighted by atomic mass is 9.86. The monoisotopic (exact) mass is 309 g/mol. The van der Waals surface area contributed by atoms with Crippen molar-refractivity contribution in [2.24, 2.45) is 5.16 Å². The van der Waals surface area contributed by atoms with Crippen LogP contribution in [0, 0.1) is 20.8 Å². The Bertz CT molecular complexity index is 788. The quantitative estimate of drug-likeness (QED) is 0.759. The minimum Gasteiger partial charge on any atom is -0.383 e. The molecule has 0 N–H and O–H groups in total. The number of benzene rings is 2. The van der Waals surface area contributed by atoms with Crippen molar-refractivity contribution in [1.82, 2.24) is 0 Å². The maximum Gasteiger partial charge on any atom is 0.178 e. The fraction of sp³-hybridized carbons (Fsp3) is 0.316. The summed E-state index contributed by atoms with van der Waals surface area (Å²) in [4.78, 5) is 7.28. The third-order valence-corrected chi connectivity index (χ3v) is 6.20. The summed E-state index contributed by atoms with van der Waals surface area (Å²) in [6.07, 6.45) is 0. The Morgan fingerprint density at radius 3 is 2.50 bits per heavy atom. The zero-order chi connectivity index (χ0) is 15.5. The lowest BCUT2D eigenvalue weighted by molar-refractivity contribution is -0.00314. The van der Waals surface area contributed by atoms with Gasteiger partial charge in [0.2, 0.25) is 0 Å². The zero-order valence-corrected chi connectivity index (χ0v) is 14.1. The number of rotatable bonds is 1. The van der Waals surface area contributed by atoms with E-state index in [1.54, 1.807) is 0 Å². The fourth-order valence-corrected chi connectivity index (χ4v) is 5.20. The average Bonchev–Trinajstić information content (AvgIpc) is 2.92. The van der Waals surface area contributed by atoms with Gasteiger partial charge in [-0.1, -0.05) is 41.1 Å². The number of fused-ring (bicyclic) bond motifs is 3. The number of nitrogens with zero attached hydrogens (tertiary/aromatic N) is 1. The Kier molecular flexibility index (Phi) is 2.92. The molecular formula is C19H19NOS. The van der Waals surface area contributed by atoms with Gasteiger partial charge in [-0.25, -0.2) is 0 Å². The second-order valence-corrected chi connectivity index (χ2v) is 7.59. The highest BCUT2D eigenvalue weighted by atomic mass is 32.2. The standard InChI is InChI=1S/C19H19NOS/c1-11-9-12(2)16(13(3)10-11)17-18-19(4,21-20-17)14-7-5-6-8-15(14)22-18/h5-10,18H,1-4H3. The van der Waals surface area contributed by atoms with Crippen molar-refractivity contribution in [3.05, 3.63) is 64.2 Å². The van der Waals surface area contributed by atoms with Crippen molar-refractivity contribution in [2.75, 3.05) is 0 Å². The normalized spacial score (nSPS) is 25.5. The molecule has 0 fully saturated rings. The van der Waals surface area contributed by atoms with E-state index in [9.17, 15) is 0 Å². The molecule has 4 rings (SSSR count). The lowest BCUT2D eigenvalue weighted by Gasteiger charge is -2.22. The predicted octanol–water partition coefficient (Wildman–Crippen LogP) is 4.74. The van der Waals surface area contributed by atoms with E-state index in [2.05, 4.69) is 69.2 Å². The minimum atomic E-state index is -0.347. The van der Waals surface area contributed by atoms with E-state index in [1.165, 1.54) is 32.7 Å². The minimum absolute atomic E-state index is 0.227. The molecule has 2 aliphatic heterocycles. The molecule has 0 saturated carbocycles. The van der Waals surface area contributed by atoms with Crippen LogP contribution in [-0.4, -0.2) is 11.0 Å². The molecule has 0 bridgehead atoms. The number of thioether (sulfide) groups is 1. The third-order valence-electron chi connectivity index (χ3n) is 4.68. The van der Waals surface area contributed by atoms with Crippen molar-refractivity contribution in [3.63, 3.8) is 0 Å². The average molecular weight is 309 g/mol. The SMILES string of the molecule is Cc1cc(C)c(C2=NOC3(C)c4ccccc4SC23)c(C)c1. The van der Waals surface area contributed by atoms with Gasteiger partial charge in [0.15, 0.2) is 5.60 Å². The maximum absolute atomic E-state index is 5.97. The maximum atomic E-state index is 5.97. The van der Waals surface area contributed by atoms with E-state index in [-0.39, 0.29) is 10.9 Å². The number of oxime groups is 1. The van der Waals surface area contributed by atoms with Gasteiger partial charge in [0.25, 0.3) is 0 Å². The summed E-state index contributed by atoms with van der Waals surface area (Å²) in [5.41, 5.74) is 7.09. The summed E-state index contributed by atoms with van der Waals surface area (Å²) in [6, 6.07) is 13.0. The van der Waals surface area contributed by atoms with Gasteiger partial charge in [0.1, 0.15) is 11.0 Å². The van der Waals surface area contributed by atoms with Crippen LogP contribution >= 0.6 is 11.8 Å². The number of hydrogen-bond acceptors (Lipinski definition) is 3. The molecule has 2 aromatic rings. The van der Waals surface area contributed by atoms with E-state index in [0.717, 1.165) is 5.71 Å². The fourth-order valence-electron chi connectivity index (χ4n) is 3.73. The van der Waals surface area contributed by atoms with Crippen LogP contribution in [0.1, 0.15) is 34.7 Å². The summed E-state index contributed by atoms with van der Waals surface area (Å²) in [5.74, 6) is 0. The molecule has 0 radical (unpaired) electrons. The molecule has 2 atom stereocenters. The Balaban J connectivity index is 1.83. The van der Waals surface area contributed by atoms with Crippen molar-refractivity contribution in [1.29, 1.82) is 0 Å². The van der Waals surface area contributed by atoms with E-state index < -0.39 is 0 Å². The van der Waals surface area contributed by atoms with Crippen LogP contribution < -0.4 is 0 Å². The van der Waals surface area contributed by atoms with Gasteiger partial charge in [-0.05, 0) is 44.9 Å². The van der Waals surface area contributed by atoms with Gasteiger partial charge in [-0.2, -0.15) is 0 Å². The first-order chi connectivity index (χ1) is 10.5. The highest BCUT2D eigenvalue weighted by Crippen LogP contribution is 2.54. The molecule has 0 amide bonds. The Morgan fingerprint density at radius 1 is 1.09 bits per heavy atom. The molecule has 2 aliphatic rings. The molecule has 3 heteroatoms. The smallest absolute Gasteiger partial charge is 0.178 e. The first-order valence-electron chi connectivity index (χ1n) is 7.61.